The molecular weight excluding hydrogens is 280 g/mol. The second-order valence-corrected chi connectivity index (χ2v) is 6.56. The molecule has 0 fully saturated rings. The van der Waals surface area contributed by atoms with Crippen LogP contribution in [0.15, 0.2) is 60.7 Å². The zero-order valence-electron chi connectivity index (χ0n) is 13.5. The van der Waals surface area contributed by atoms with Crippen molar-refractivity contribution in [3.63, 3.8) is 0 Å². The highest BCUT2D eigenvalue weighted by Crippen LogP contribution is 2.45. The third-order valence-electron chi connectivity index (χ3n) is 4.82. The Balaban J connectivity index is 1.98. The molecule has 1 N–H and O–H groups in total. The number of fused-ring (bicyclic) bond motifs is 3. The second kappa shape index (κ2) is 5.27. The molecule has 3 aromatic rings. The summed E-state index contributed by atoms with van der Waals surface area (Å²) in [6.45, 7) is 4.35. The fourth-order valence-electron chi connectivity index (χ4n) is 3.72. The van der Waals surface area contributed by atoms with E-state index in [4.69, 9.17) is 0 Å². The van der Waals surface area contributed by atoms with Gasteiger partial charge >= 0.3 is 0 Å². The highest BCUT2D eigenvalue weighted by molar-refractivity contribution is 5.87. The van der Waals surface area contributed by atoms with Crippen LogP contribution >= 0.6 is 0 Å². The first-order valence-electron chi connectivity index (χ1n) is 8.19. The minimum atomic E-state index is 0.372. The lowest BCUT2D eigenvalue weighted by atomic mass is 9.88. The van der Waals surface area contributed by atoms with E-state index >= 15 is 0 Å². The molecule has 0 saturated heterocycles. The van der Waals surface area contributed by atoms with E-state index in [2.05, 4.69) is 62.4 Å². The van der Waals surface area contributed by atoms with E-state index in [1.807, 2.05) is 6.07 Å². The molecule has 0 heterocycles. The zero-order chi connectivity index (χ0) is 16.0. The van der Waals surface area contributed by atoms with Crippen molar-refractivity contribution in [1.82, 2.24) is 0 Å². The highest BCUT2D eigenvalue weighted by Gasteiger charge is 2.23. The molecule has 0 amide bonds. The molecule has 0 bridgehead atoms. The van der Waals surface area contributed by atoms with Crippen molar-refractivity contribution in [1.29, 1.82) is 0 Å². The highest BCUT2D eigenvalue weighted by atomic mass is 16.3. The van der Waals surface area contributed by atoms with Crippen LogP contribution in [0.1, 0.15) is 36.5 Å². The summed E-state index contributed by atoms with van der Waals surface area (Å²) in [5.74, 6) is 0.747. The standard InChI is InChI=1S/C22H20O/c1-14(2)16-9-6-12-21(23)22(16)19-11-5-10-18-17-8-4-3-7-15(17)13-20(18)19/h3-12,14,23H,13H2,1-2H3. The van der Waals surface area contributed by atoms with Crippen LogP contribution in [0.25, 0.3) is 22.3 Å². The first kappa shape index (κ1) is 14.1. The van der Waals surface area contributed by atoms with Crippen LogP contribution in [-0.2, 0) is 6.42 Å². The summed E-state index contributed by atoms with van der Waals surface area (Å²) in [7, 11) is 0. The van der Waals surface area contributed by atoms with Crippen LogP contribution in [0.4, 0.5) is 0 Å². The van der Waals surface area contributed by atoms with Crippen LogP contribution in [0.3, 0.4) is 0 Å². The molecule has 0 saturated carbocycles. The maximum atomic E-state index is 10.5. The molecule has 4 rings (SSSR count). The van der Waals surface area contributed by atoms with Gasteiger partial charge < -0.3 is 5.11 Å². The average molecular weight is 300 g/mol. The summed E-state index contributed by atoms with van der Waals surface area (Å²) in [4.78, 5) is 0. The monoisotopic (exact) mass is 300 g/mol. The Morgan fingerprint density at radius 3 is 2.30 bits per heavy atom. The lowest BCUT2D eigenvalue weighted by Crippen LogP contribution is -1.96. The van der Waals surface area contributed by atoms with Gasteiger partial charge in [0, 0.05) is 5.56 Å². The SMILES string of the molecule is CC(C)c1cccc(O)c1-c1cccc2c1Cc1ccccc1-2. The number of benzene rings is 3. The fraction of sp³-hybridized carbons (Fsp3) is 0.182. The van der Waals surface area contributed by atoms with Crippen molar-refractivity contribution in [3.05, 3.63) is 77.4 Å². The lowest BCUT2D eigenvalue weighted by molar-refractivity contribution is 0.476. The normalized spacial score (nSPS) is 12.3. The maximum absolute atomic E-state index is 10.5. The van der Waals surface area contributed by atoms with Crippen molar-refractivity contribution >= 4 is 0 Å². The predicted octanol–water partition coefficient (Wildman–Crippen LogP) is 5.75. The molecule has 0 aliphatic heterocycles. The Morgan fingerprint density at radius 1 is 0.783 bits per heavy atom. The Hall–Kier alpha value is -2.54. The number of phenolic OH excluding ortho intramolecular Hbond substituents is 1. The topological polar surface area (TPSA) is 20.2 Å². The quantitative estimate of drug-likeness (QED) is 0.499. The number of hydrogen-bond donors (Lipinski definition) is 1. The van der Waals surface area contributed by atoms with Crippen LogP contribution in [0.5, 0.6) is 5.75 Å². The summed E-state index contributed by atoms with van der Waals surface area (Å²) >= 11 is 0. The Bertz CT molecular complexity index is 890. The van der Waals surface area contributed by atoms with Gasteiger partial charge in [-0.2, -0.15) is 0 Å². The summed E-state index contributed by atoms with van der Waals surface area (Å²) < 4.78 is 0. The van der Waals surface area contributed by atoms with E-state index in [0.29, 0.717) is 11.7 Å². The summed E-state index contributed by atoms with van der Waals surface area (Å²) in [5.41, 5.74) is 8.69. The first-order valence-corrected chi connectivity index (χ1v) is 8.19. The van der Waals surface area contributed by atoms with Crippen molar-refractivity contribution in [2.75, 3.05) is 0 Å². The Kier molecular flexibility index (Phi) is 3.23. The number of hydrogen-bond acceptors (Lipinski definition) is 1. The molecule has 114 valence electrons. The largest absolute Gasteiger partial charge is 0.507 e. The van der Waals surface area contributed by atoms with Crippen LogP contribution in [0, 0.1) is 0 Å². The molecule has 1 aliphatic carbocycles. The average Bonchev–Trinajstić information content (AvgIpc) is 2.93. The van der Waals surface area contributed by atoms with E-state index < -0.39 is 0 Å². The van der Waals surface area contributed by atoms with E-state index in [9.17, 15) is 5.11 Å². The van der Waals surface area contributed by atoms with Gasteiger partial charge in [0.15, 0.2) is 0 Å². The predicted molar refractivity (Wildman–Crippen MR) is 95.9 cm³/mol. The summed E-state index contributed by atoms with van der Waals surface area (Å²) in [6.07, 6.45) is 0.938. The van der Waals surface area contributed by atoms with Crippen LogP contribution in [-0.4, -0.2) is 5.11 Å². The Labute approximate surface area is 137 Å². The molecule has 0 radical (unpaired) electrons. The molecule has 0 aromatic heterocycles. The van der Waals surface area contributed by atoms with Crippen LogP contribution in [0.2, 0.25) is 0 Å². The summed E-state index contributed by atoms with van der Waals surface area (Å²) in [5, 5.41) is 10.5. The third-order valence-corrected chi connectivity index (χ3v) is 4.82. The van der Waals surface area contributed by atoms with Crippen LogP contribution < -0.4 is 0 Å². The molecule has 0 unspecified atom stereocenters. The van der Waals surface area contributed by atoms with Gasteiger partial charge in [-0.05, 0) is 51.8 Å². The van der Waals surface area contributed by atoms with E-state index in [1.54, 1.807) is 6.07 Å². The van der Waals surface area contributed by atoms with Gasteiger partial charge in [0.05, 0.1) is 0 Å². The van der Waals surface area contributed by atoms with Gasteiger partial charge in [-0.3, -0.25) is 0 Å². The third kappa shape index (κ3) is 2.16. The molecular formula is C22H20O. The van der Waals surface area contributed by atoms with Crippen molar-refractivity contribution < 1.29 is 5.11 Å². The van der Waals surface area contributed by atoms with Gasteiger partial charge in [0.2, 0.25) is 0 Å². The second-order valence-electron chi connectivity index (χ2n) is 6.56. The van der Waals surface area contributed by atoms with Gasteiger partial charge in [-0.25, -0.2) is 0 Å². The van der Waals surface area contributed by atoms with E-state index in [-0.39, 0.29) is 0 Å². The lowest BCUT2D eigenvalue weighted by Gasteiger charge is -2.17. The van der Waals surface area contributed by atoms with Gasteiger partial charge in [0.1, 0.15) is 5.75 Å². The van der Waals surface area contributed by atoms with E-state index in [0.717, 1.165) is 12.0 Å². The molecule has 23 heavy (non-hydrogen) atoms. The fourth-order valence-corrected chi connectivity index (χ4v) is 3.72. The minimum absolute atomic E-state index is 0.372. The minimum Gasteiger partial charge on any atom is -0.507 e. The van der Waals surface area contributed by atoms with Gasteiger partial charge in [-0.15, -0.1) is 0 Å². The molecule has 0 spiro atoms. The molecule has 1 nitrogen and oxygen atoms in total. The number of rotatable bonds is 2. The zero-order valence-corrected chi connectivity index (χ0v) is 13.5. The van der Waals surface area contributed by atoms with Gasteiger partial charge in [0.25, 0.3) is 0 Å². The van der Waals surface area contributed by atoms with Gasteiger partial charge in [-0.1, -0.05) is 68.4 Å². The molecule has 3 aromatic carbocycles. The van der Waals surface area contributed by atoms with Crippen molar-refractivity contribution in [2.24, 2.45) is 0 Å². The smallest absolute Gasteiger partial charge is 0.123 e. The molecule has 1 heteroatoms. The number of aromatic hydroxyl groups is 1. The first-order chi connectivity index (χ1) is 11.2. The Morgan fingerprint density at radius 2 is 1.48 bits per heavy atom. The van der Waals surface area contributed by atoms with Crippen molar-refractivity contribution in [2.45, 2.75) is 26.2 Å². The van der Waals surface area contributed by atoms with Crippen molar-refractivity contribution in [3.8, 4) is 28.0 Å². The maximum Gasteiger partial charge on any atom is 0.123 e. The molecule has 1 aliphatic rings. The summed E-state index contributed by atoms with van der Waals surface area (Å²) in [6, 6.07) is 20.9. The van der Waals surface area contributed by atoms with E-state index in [1.165, 1.54) is 33.4 Å². The molecule has 0 atom stereocenters. The number of phenols is 1.